The summed E-state index contributed by atoms with van der Waals surface area (Å²) in [4.78, 5) is 1.86. The first-order valence-corrected chi connectivity index (χ1v) is 5.93. The van der Waals surface area contributed by atoms with Crippen LogP contribution in [-0.2, 0) is 17.5 Å². The summed E-state index contributed by atoms with van der Waals surface area (Å²) in [6.45, 7) is 2.29. The molecule has 108 valence electrons. The third-order valence-corrected chi connectivity index (χ3v) is 3.09. The van der Waals surface area contributed by atoms with Crippen molar-refractivity contribution in [3.8, 4) is 0 Å². The quantitative estimate of drug-likeness (QED) is 0.898. The van der Waals surface area contributed by atoms with Gasteiger partial charge < -0.3 is 15.4 Å². The molecule has 1 atom stereocenters. The van der Waals surface area contributed by atoms with Crippen LogP contribution < -0.4 is 10.6 Å². The largest absolute Gasteiger partial charge is 0.416 e. The number of nitrogens with two attached hydrogens (primary N) is 1. The van der Waals surface area contributed by atoms with E-state index in [0.717, 1.165) is 6.07 Å². The van der Waals surface area contributed by atoms with Crippen molar-refractivity contribution in [2.75, 3.05) is 25.7 Å². The summed E-state index contributed by atoms with van der Waals surface area (Å²) in [5.74, 6) is 0. The molecule has 0 heterocycles. The summed E-state index contributed by atoms with van der Waals surface area (Å²) in [5.41, 5.74) is 5.52. The van der Waals surface area contributed by atoms with E-state index < -0.39 is 11.7 Å². The van der Waals surface area contributed by atoms with Crippen LogP contribution in [0, 0.1) is 0 Å². The highest BCUT2D eigenvalue weighted by Gasteiger charge is 2.33. The standard InChI is InChI=1S/C13H19F3N2O/c1-9(8-19-3)18(2)11-4-5-12(13(14,15)16)10(6-11)7-17/h4-6,9H,7-8,17H2,1-3H3. The number of alkyl halides is 3. The van der Waals surface area contributed by atoms with Gasteiger partial charge in [-0.05, 0) is 30.7 Å². The van der Waals surface area contributed by atoms with Crippen LogP contribution in [0.4, 0.5) is 18.9 Å². The van der Waals surface area contributed by atoms with Gasteiger partial charge in [-0.1, -0.05) is 0 Å². The Morgan fingerprint density at radius 1 is 1.37 bits per heavy atom. The van der Waals surface area contributed by atoms with Gasteiger partial charge in [0.05, 0.1) is 12.2 Å². The Morgan fingerprint density at radius 2 is 2.00 bits per heavy atom. The van der Waals surface area contributed by atoms with Gasteiger partial charge in [-0.3, -0.25) is 0 Å². The molecule has 1 aromatic carbocycles. The lowest BCUT2D eigenvalue weighted by atomic mass is 10.1. The van der Waals surface area contributed by atoms with Crippen molar-refractivity contribution in [1.82, 2.24) is 0 Å². The maximum Gasteiger partial charge on any atom is 0.416 e. The van der Waals surface area contributed by atoms with Gasteiger partial charge in [0.1, 0.15) is 0 Å². The SMILES string of the molecule is COCC(C)N(C)c1ccc(C(F)(F)F)c(CN)c1. The monoisotopic (exact) mass is 276 g/mol. The molecule has 0 bridgehead atoms. The molecule has 0 saturated heterocycles. The van der Waals surface area contributed by atoms with E-state index in [0.29, 0.717) is 12.3 Å². The molecule has 3 nitrogen and oxygen atoms in total. The first-order chi connectivity index (χ1) is 8.81. The number of ether oxygens (including phenoxy) is 1. The fourth-order valence-corrected chi connectivity index (χ4v) is 1.85. The number of hydrogen-bond acceptors (Lipinski definition) is 3. The van der Waals surface area contributed by atoms with Crippen molar-refractivity contribution < 1.29 is 17.9 Å². The van der Waals surface area contributed by atoms with Gasteiger partial charge in [0.25, 0.3) is 0 Å². The number of halogens is 3. The Morgan fingerprint density at radius 3 is 2.47 bits per heavy atom. The summed E-state index contributed by atoms with van der Waals surface area (Å²) < 4.78 is 43.3. The number of rotatable bonds is 5. The lowest BCUT2D eigenvalue weighted by molar-refractivity contribution is -0.138. The van der Waals surface area contributed by atoms with Crippen LogP contribution >= 0.6 is 0 Å². The molecule has 0 aliphatic heterocycles. The summed E-state index contributed by atoms with van der Waals surface area (Å²) in [5, 5.41) is 0. The number of benzene rings is 1. The van der Waals surface area contributed by atoms with E-state index in [-0.39, 0.29) is 18.2 Å². The van der Waals surface area contributed by atoms with Crippen LogP contribution in [0.5, 0.6) is 0 Å². The van der Waals surface area contributed by atoms with Crippen LogP contribution in [-0.4, -0.2) is 26.8 Å². The average Bonchev–Trinajstić information content (AvgIpc) is 2.36. The van der Waals surface area contributed by atoms with Crippen LogP contribution in [0.1, 0.15) is 18.1 Å². The number of methoxy groups -OCH3 is 1. The van der Waals surface area contributed by atoms with Crippen molar-refractivity contribution in [3.05, 3.63) is 29.3 Å². The number of nitrogens with zero attached hydrogens (tertiary/aromatic N) is 1. The fourth-order valence-electron chi connectivity index (χ4n) is 1.85. The lowest BCUT2D eigenvalue weighted by Crippen LogP contribution is -2.32. The summed E-state index contributed by atoms with van der Waals surface area (Å²) in [6.07, 6.45) is -4.37. The minimum absolute atomic E-state index is 0.0624. The van der Waals surface area contributed by atoms with Gasteiger partial charge in [-0.25, -0.2) is 0 Å². The Labute approximate surface area is 111 Å². The fraction of sp³-hybridized carbons (Fsp3) is 0.538. The van der Waals surface area contributed by atoms with E-state index in [2.05, 4.69) is 0 Å². The third-order valence-electron chi connectivity index (χ3n) is 3.09. The molecule has 0 fully saturated rings. The first-order valence-electron chi connectivity index (χ1n) is 5.93. The first kappa shape index (κ1) is 15.8. The van der Waals surface area contributed by atoms with Crippen molar-refractivity contribution in [2.24, 2.45) is 5.73 Å². The van der Waals surface area contributed by atoms with E-state index in [4.69, 9.17) is 10.5 Å². The van der Waals surface area contributed by atoms with E-state index in [1.807, 2.05) is 18.9 Å². The Bertz CT molecular complexity index is 421. The van der Waals surface area contributed by atoms with Crippen molar-refractivity contribution in [3.63, 3.8) is 0 Å². The highest BCUT2D eigenvalue weighted by atomic mass is 19.4. The van der Waals surface area contributed by atoms with Crippen molar-refractivity contribution in [2.45, 2.75) is 25.7 Å². The van der Waals surface area contributed by atoms with Gasteiger partial charge in [-0.2, -0.15) is 13.2 Å². The smallest absolute Gasteiger partial charge is 0.383 e. The van der Waals surface area contributed by atoms with Crippen LogP contribution in [0.3, 0.4) is 0 Å². The summed E-state index contributed by atoms with van der Waals surface area (Å²) in [7, 11) is 3.40. The predicted molar refractivity (Wildman–Crippen MR) is 69.1 cm³/mol. The van der Waals surface area contributed by atoms with Gasteiger partial charge in [0.15, 0.2) is 0 Å². The zero-order chi connectivity index (χ0) is 14.6. The molecule has 1 aromatic rings. The lowest BCUT2D eigenvalue weighted by Gasteiger charge is -2.27. The van der Waals surface area contributed by atoms with Gasteiger partial charge in [0, 0.05) is 32.4 Å². The topological polar surface area (TPSA) is 38.5 Å². The second-order valence-electron chi connectivity index (χ2n) is 4.46. The van der Waals surface area contributed by atoms with Crippen molar-refractivity contribution >= 4 is 5.69 Å². The molecule has 0 aliphatic rings. The molecule has 0 radical (unpaired) electrons. The highest BCUT2D eigenvalue weighted by Crippen LogP contribution is 2.33. The maximum atomic E-state index is 12.8. The van der Waals surface area contributed by atoms with Crippen LogP contribution in [0.25, 0.3) is 0 Å². The minimum atomic E-state index is -4.37. The molecular formula is C13H19F3N2O. The second-order valence-corrected chi connectivity index (χ2v) is 4.46. The Hall–Kier alpha value is -1.27. The average molecular weight is 276 g/mol. The molecule has 0 spiro atoms. The molecule has 0 aliphatic carbocycles. The Kier molecular flexibility index (Phi) is 5.20. The molecule has 0 aromatic heterocycles. The maximum absolute atomic E-state index is 12.8. The molecule has 1 unspecified atom stereocenters. The third kappa shape index (κ3) is 3.84. The predicted octanol–water partition coefficient (Wildman–Crippen LogP) is 2.64. The highest BCUT2D eigenvalue weighted by molar-refractivity contribution is 5.52. The van der Waals surface area contributed by atoms with Crippen molar-refractivity contribution in [1.29, 1.82) is 0 Å². The molecule has 1 rings (SSSR count). The number of likely N-dealkylation sites (N-methyl/N-ethyl adjacent to an activating group) is 1. The zero-order valence-electron chi connectivity index (χ0n) is 11.3. The minimum Gasteiger partial charge on any atom is -0.383 e. The molecule has 2 N–H and O–H groups in total. The van der Waals surface area contributed by atoms with Gasteiger partial charge in [0.2, 0.25) is 0 Å². The van der Waals surface area contributed by atoms with E-state index in [1.165, 1.54) is 12.1 Å². The normalized spacial score (nSPS) is 13.4. The zero-order valence-corrected chi connectivity index (χ0v) is 11.3. The summed E-state index contributed by atoms with van der Waals surface area (Å²) >= 11 is 0. The molecular weight excluding hydrogens is 257 g/mol. The van der Waals surface area contributed by atoms with E-state index >= 15 is 0 Å². The molecule has 0 amide bonds. The Balaban J connectivity index is 3.06. The molecule has 19 heavy (non-hydrogen) atoms. The number of anilines is 1. The van der Waals surface area contributed by atoms with Crippen LogP contribution in [0.15, 0.2) is 18.2 Å². The van der Waals surface area contributed by atoms with Gasteiger partial charge in [-0.15, -0.1) is 0 Å². The molecule has 6 heteroatoms. The molecule has 0 saturated carbocycles. The van der Waals surface area contributed by atoms with Crippen LogP contribution in [0.2, 0.25) is 0 Å². The van der Waals surface area contributed by atoms with Gasteiger partial charge >= 0.3 is 6.18 Å². The summed E-state index contributed by atoms with van der Waals surface area (Å²) in [6, 6.07) is 4.07. The van der Waals surface area contributed by atoms with E-state index in [9.17, 15) is 13.2 Å². The second kappa shape index (κ2) is 6.25. The number of hydrogen-bond donors (Lipinski definition) is 1. The van der Waals surface area contributed by atoms with E-state index in [1.54, 1.807) is 7.11 Å².